The highest BCUT2D eigenvalue weighted by molar-refractivity contribution is 6.07. The molecule has 6 nitrogen and oxygen atoms in total. The zero-order chi connectivity index (χ0) is 18.7. The highest BCUT2D eigenvalue weighted by atomic mass is 16.5. The van der Waals surface area contributed by atoms with Gasteiger partial charge in [0.15, 0.2) is 0 Å². The third kappa shape index (κ3) is 3.59. The molecule has 2 aromatic carbocycles. The summed E-state index contributed by atoms with van der Waals surface area (Å²) in [6.45, 7) is 3.46. The summed E-state index contributed by atoms with van der Waals surface area (Å²) in [4.78, 5) is 35.6. The van der Waals surface area contributed by atoms with Gasteiger partial charge < -0.3 is 10.1 Å². The number of rotatable bonds is 5. The van der Waals surface area contributed by atoms with Gasteiger partial charge in [-0.25, -0.2) is 9.59 Å². The summed E-state index contributed by atoms with van der Waals surface area (Å²) in [5.41, 5.74) is 0.941. The van der Waals surface area contributed by atoms with Crippen LogP contribution in [-0.4, -0.2) is 24.0 Å². The number of urea groups is 1. The van der Waals surface area contributed by atoms with E-state index in [-0.39, 0.29) is 6.10 Å². The molecule has 0 bridgehead atoms. The lowest BCUT2D eigenvalue weighted by Gasteiger charge is -2.21. The topological polar surface area (TPSA) is 84.5 Å². The lowest BCUT2D eigenvalue weighted by atomic mass is 9.91. The zero-order valence-corrected chi connectivity index (χ0v) is 14.6. The fourth-order valence-electron chi connectivity index (χ4n) is 2.92. The first-order valence-electron chi connectivity index (χ1n) is 8.37. The van der Waals surface area contributed by atoms with Gasteiger partial charge in [0.2, 0.25) is 0 Å². The van der Waals surface area contributed by atoms with E-state index in [9.17, 15) is 14.4 Å². The molecule has 1 aliphatic rings. The second kappa shape index (κ2) is 7.00. The minimum atomic E-state index is -1.14. The third-order valence-corrected chi connectivity index (χ3v) is 4.42. The first-order chi connectivity index (χ1) is 12.4. The molecule has 0 unspecified atom stereocenters. The first-order valence-corrected chi connectivity index (χ1v) is 8.37. The summed E-state index contributed by atoms with van der Waals surface area (Å²) in [7, 11) is 0. The number of carbonyl (C=O) groups is 3. The molecule has 1 fully saturated rings. The van der Waals surface area contributed by atoms with Crippen LogP contribution in [0.5, 0.6) is 0 Å². The highest BCUT2D eigenvalue weighted by Crippen LogP contribution is 2.24. The molecule has 2 atom stereocenters. The minimum Gasteiger partial charge on any atom is -0.459 e. The summed E-state index contributed by atoms with van der Waals surface area (Å²) >= 11 is 0. The van der Waals surface area contributed by atoms with Crippen molar-refractivity contribution >= 4 is 17.9 Å². The number of ether oxygens (including phenoxy) is 1. The zero-order valence-electron chi connectivity index (χ0n) is 14.6. The lowest BCUT2D eigenvalue weighted by Crippen LogP contribution is -2.40. The average molecular weight is 352 g/mol. The van der Waals surface area contributed by atoms with Crippen LogP contribution in [0.1, 0.15) is 35.3 Å². The molecule has 1 heterocycles. The highest BCUT2D eigenvalue weighted by Gasteiger charge is 2.43. The molecular weight excluding hydrogens is 332 g/mol. The Morgan fingerprint density at radius 1 is 1.08 bits per heavy atom. The average Bonchev–Trinajstić information content (AvgIpc) is 2.88. The molecule has 3 rings (SSSR count). The van der Waals surface area contributed by atoms with E-state index in [2.05, 4.69) is 10.6 Å². The largest absolute Gasteiger partial charge is 0.459 e. The number of hydrogen-bond acceptors (Lipinski definition) is 4. The van der Waals surface area contributed by atoms with Crippen molar-refractivity contribution in [2.24, 2.45) is 0 Å². The van der Waals surface area contributed by atoms with Crippen molar-refractivity contribution < 1.29 is 19.1 Å². The van der Waals surface area contributed by atoms with Crippen LogP contribution in [0, 0.1) is 0 Å². The van der Waals surface area contributed by atoms with Crippen LogP contribution in [0.15, 0.2) is 54.6 Å². The summed E-state index contributed by atoms with van der Waals surface area (Å²) < 4.78 is 5.48. The van der Waals surface area contributed by atoms with Crippen LogP contribution in [0.2, 0.25) is 0 Å². The van der Waals surface area contributed by atoms with Crippen molar-refractivity contribution in [2.45, 2.75) is 31.9 Å². The van der Waals surface area contributed by atoms with E-state index in [4.69, 9.17) is 4.74 Å². The summed E-state index contributed by atoms with van der Waals surface area (Å²) in [5.74, 6) is -0.848. The Balaban J connectivity index is 1.65. The van der Waals surface area contributed by atoms with Crippen LogP contribution in [0.3, 0.4) is 0 Å². The molecule has 2 aromatic rings. The Labute approximate surface area is 151 Å². The van der Waals surface area contributed by atoms with Crippen molar-refractivity contribution in [3.05, 3.63) is 71.3 Å². The van der Waals surface area contributed by atoms with Crippen LogP contribution < -0.4 is 10.6 Å². The lowest BCUT2D eigenvalue weighted by molar-refractivity contribution is -0.123. The molecule has 26 heavy (non-hydrogen) atoms. The molecule has 0 spiro atoms. The van der Waals surface area contributed by atoms with Crippen molar-refractivity contribution in [3.63, 3.8) is 0 Å². The quantitative estimate of drug-likeness (QED) is 0.640. The van der Waals surface area contributed by atoms with E-state index in [1.807, 2.05) is 37.3 Å². The van der Waals surface area contributed by atoms with Crippen LogP contribution >= 0.6 is 0 Å². The maximum absolute atomic E-state index is 12.3. The molecule has 0 radical (unpaired) electrons. The maximum atomic E-state index is 12.3. The van der Waals surface area contributed by atoms with Gasteiger partial charge in [-0.05, 0) is 37.1 Å². The van der Waals surface area contributed by atoms with Crippen molar-refractivity contribution in [1.29, 1.82) is 0 Å². The Hall–Kier alpha value is -3.15. The fourth-order valence-corrected chi connectivity index (χ4v) is 2.92. The van der Waals surface area contributed by atoms with E-state index in [1.54, 1.807) is 31.2 Å². The van der Waals surface area contributed by atoms with Gasteiger partial charge in [-0.2, -0.15) is 0 Å². The molecule has 3 amide bonds. The van der Waals surface area contributed by atoms with Gasteiger partial charge in [0.25, 0.3) is 5.91 Å². The van der Waals surface area contributed by atoms with E-state index >= 15 is 0 Å². The molecule has 0 aliphatic carbocycles. The molecule has 2 N–H and O–H groups in total. The summed E-state index contributed by atoms with van der Waals surface area (Å²) in [6.07, 6.45) is 0.372. The van der Waals surface area contributed by atoms with Gasteiger partial charge >= 0.3 is 12.0 Å². The summed E-state index contributed by atoms with van der Waals surface area (Å²) in [6, 6.07) is 15.7. The van der Waals surface area contributed by atoms with Crippen LogP contribution in [-0.2, 0) is 21.5 Å². The minimum absolute atomic E-state index is 0.262. The predicted molar refractivity (Wildman–Crippen MR) is 95.5 cm³/mol. The smallest absolute Gasteiger partial charge is 0.338 e. The number of benzene rings is 2. The van der Waals surface area contributed by atoms with Crippen LogP contribution in [0.4, 0.5) is 4.79 Å². The number of nitrogens with one attached hydrogen (secondary N) is 2. The monoisotopic (exact) mass is 352 g/mol. The SMILES string of the molecule is C[C@@H](Cc1ccccc1)OC(=O)c1ccc([C@]2(C)NC(=O)NC2=O)cc1. The number of esters is 1. The second-order valence-electron chi connectivity index (χ2n) is 6.52. The van der Waals surface area contributed by atoms with E-state index in [0.717, 1.165) is 5.56 Å². The molecule has 1 aliphatic heterocycles. The van der Waals surface area contributed by atoms with Gasteiger partial charge in [0, 0.05) is 6.42 Å². The maximum Gasteiger partial charge on any atom is 0.338 e. The van der Waals surface area contributed by atoms with Gasteiger partial charge in [-0.3, -0.25) is 10.1 Å². The first kappa shape index (κ1) is 17.7. The standard InChI is InChI=1S/C20H20N2O4/c1-13(12-14-6-4-3-5-7-14)26-17(23)15-8-10-16(11-9-15)20(2)18(24)21-19(25)22-20/h3-11,13H,12H2,1-2H3,(H2,21,22,24,25)/t13-,20-/m0/s1. The normalized spacial score (nSPS) is 20.2. The van der Waals surface area contributed by atoms with Gasteiger partial charge in [-0.15, -0.1) is 0 Å². The Kier molecular flexibility index (Phi) is 4.75. The van der Waals surface area contributed by atoms with Gasteiger partial charge in [0.05, 0.1) is 5.56 Å². The van der Waals surface area contributed by atoms with Crippen molar-refractivity contribution in [3.8, 4) is 0 Å². The van der Waals surface area contributed by atoms with Gasteiger partial charge in [-0.1, -0.05) is 42.5 Å². The molecule has 1 saturated heterocycles. The predicted octanol–water partition coefficient (Wildman–Crippen LogP) is 2.53. The van der Waals surface area contributed by atoms with E-state index < -0.39 is 23.4 Å². The molecular formula is C20H20N2O4. The number of amides is 3. The number of imide groups is 1. The molecule has 134 valence electrons. The number of carbonyl (C=O) groups excluding carboxylic acids is 3. The van der Waals surface area contributed by atoms with Crippen molar-refractivity contribution in [1.82, 2.24) is 10.6 Å². The Morgan fingerprint density at radius 2 is 1.73 bits per heavy atom. The van der Waals surface area contributed by atoms with Crippen molar-refractivity contribution in [2.75, 3.05) is 0 Å². The van der Waals surface area contributed by atoms with Crippen LogP contribution in [0.25, 0.3) is 0 Å². The van der Waals surface area contributed by atoms with Gasteiger partial charge in [0.1, 0.15) is 11.6 Å². The molecule has 0 saturated carbocycles. The fraction of sp³-hybridized carbons (Fsp3) is 0.250. The van der Waals surface area contributed by atoms with E-state index in [0.29, 0.717) is 17.5 Å². The Morgan fingerprint density at radius 3 is 2.31 bits per heavy atom. The molecule has 6 heteroatoms. The Bertz CT molecular complexity index is 833. The van der Waals surface area contributed by atoms with E-state index in [1.165, 1.54) is 0 Å². The second-order valence-corrected chi connectivity index (χ2v) is 6.52. The summed E-state index contributed by atoms with van der Waals surface area (Å²) in [5, 5.41) is 4.80. The molecule has 0 aromatic heterocycles. The number of hydrogen-bond donors (Lipinski definition) is 2. The third-order valence-electron chi connectivity index (χ3n) is 4.42.